The van der Waals surface area contributed by atoms with Crippen molar-refractivity contribution in [3.63, 3.8) is 0 Å². The number of rotatable bonds is 2. The summed E-state index contributed by atoms with van der Waals surface area (Å²) in [6.45, 7) is 2.27. The van der Waals surface area contributed by atoms with Gasteiger partial charge in [-0.3, -0.25) is 4.98 Å². The van der Waals surface area contributed by atoms with Gasteiger partial charge >= 0.3 is 0 Å². The van der Waals surface area contributed by atoms with Crippen molar-refractivity contribution in [2.24, 2.45) is 5.73 Å². The van der Waals surface area contributed by atoms with Crippen molar-refractivity contribution in [3.05, 3.63) is 54.0 Å². The van der Waals surface area contributed by atoms with Gasteiger partial charge < -0.3 is 5.73 Å². The molecule has 3 atom stereocenters. The lowest BCUT2D eigenvalue weighted by Gasteiger charge is -2.34. The monoisotopic (exact) mass is 271 g/mol. The molecule has 0 amide bonds. The number of hydrogen-bond acceptors (Lipinski definition) is 4. The molecule has 98 valence electrons. The number of hydrogen-bond donors (Lipinski definition) is 1. The van der Waals surface area contributed by atoms with Crippen molar-refractivity contribution < 1.29 is 0 Å². The zero-order chi connectivity index (χ0) is 13.2. The summed E-state index contributed by atoms with van der Waals surface area (Å²) < 4.78 is 0. The van der Waals surface area contributed by atoms with Crippen molar-refractivity contribution in [1.82, 2.24) is 9.97 Å². The number of fused-ring (bicyclic) bond motifs is 1. The lowest BCUT2D eigenvalue weighted by Crippen LogP contribution is -2.30. The topological polar surface area (TPSA) is 51.8 Å². The number of nitrogens with two attached hydrogens (primary N) is 1. The maximum absolute atomic E-state index is 6.43. The SMILES string of the molecule is CC1CC(Sc2cnccn2)C(N)c2ccccc21. The fourth-order valence-electron chi connectivity index (χ4n) is 2.71. The van der Waals surface area contributed by atoms with Gasteiger partial charge in [0.1, 0.15) is 5.03 Å². The van der Waals surface area contributed by atoms with E-state index in [-0.39, 0.29) is 6.04 Å². The van der Waals surface area contributed by atoms with Crippen molar-refractivity contribution >= 4 is 11.8 Å². The molecule has 0 bridgehead atoms. The van der Waals surface area contributed by atoms with Gasteiger partial charge in [0, 0.05) is 23.7 Å². The van der Waals surface area contributed by atoms with Crippen LogP contribution < -0.4 is 5.73 Å². The molecule has 2 aromatic rings. The molecule has 0 spiro atoms. The van der Waals surface area contributed by atoms with E-state index in [9.17, 15) is 0 Å². The van der Waals surface area contributed by atoms with Crippen LogP contribution in [-0.2, 0) is 0 Å². The summed E-state index contributed by atoms with van der Waals surface area (Å²) in [6, 6.07) is 8.58. The van der Waals surface area contributed by atoms with E-state index in [1.165, 1.54) is 11.1 Å². The van der Waals surface area contributed by atoms with Gasteiger partial charge in [0.25, 0.3) is 0 Å². The van der Waals surface area contributed by atoms with Crippen molar-refractivity contribution in [3.8, 4) is 0 Å². The van der Waals surface area contributed by atoms with Crippen LogP contribution in [-0.4, -0.2) is 15.2 Å². The largest absolute Gasteiger partial charge is 0.323 e. The van der Waals surface area contributed by atoms with Gasteiger partial charge in [-0.25, -0.2) is 4.98 Å². The highest BCUT2D eigenvalue weighted by molar-refractivity contribution is 7.99. The second-order valence-corrected chi connectivity index (χ2v) is 6.25. The number of aromatic nitrogens is 2. The standard InChI is InChI=1S/C15H17N3S/c1-10-8-13(19-14-9-17-6-7-18-14)15(16)12-5-3-2-4-11(10)12/h2-7,9-10,13,15H,8,16H2,1H3. The molecule has 1 aromatic carbocycles. The molecule has 3 rings (SSSR count). The lowest BCUT2D eigenvalue weighted by atomic mass is 9.81. The lowest BCUT2D eigenvalue weighted by molar-refractivity contribution is 0.527. The van der Waals surface area contributed by atoms with Crippen LogP contribution in [0.25, 0.3) is 0 Å². The third-order valence-corrected chi connectivity index (χ3v) is 4.92. The van der Waals surface area contributed by atoms with Gasteiger partial charge in [-0.15, -0.1) is 0 Å². The molecule has 1 aliphatic rings. The summed E-state index contributed by atoms with van der Waals surface area (Å²) in [5.41, 5.74) is 9.11. The first-order valence-electron chi connectivity index (χ1n) is 6.53. The minimum atomic E-state index is 0.0689. The van der Waals surface area contributed by atoms with Gasteiger partial charge in [0.2, 0.25) is 0 Å². The molecule has 0 saturated heterocycles. The molecule has 19 heavy (non-hydrogen) atoms. The Morgan fingerprint density at radius 1 is 1.21 bits per heavy atom. The zero-order valence-electron chi connectivity index (χ0n) is 10.9. The molecule has 0 fully saturated rings. The van der Waals surface area contributed by atoms with Crippen molar-refractivity contribution in [2.45, 2.75) is 35.6 Å². The van der Waals surface area contributed by atoms with Gasteiger partial charge in [-0.05, 0) is 23.5 Å². The van der Waals surface area contributed by atoms with Crippen LogP contribution in [0.15, 0.2) is 47.9 Å². The van der Waals surface area contributed by atoms with E-state index in [1.54, 1.807) is 24.2 Å². The van der Waals surface area contributed by atoms with Crippen LogP contribution in [0.4, 0.5) is 0 Å². The minimum Gasteiger partial charge on any atom is -0.323 e. The molecule has 0 saturated carbocycles. The Morgan fingerprint density at radius 3 is 2.74 bits per heavy atom. The fourth-order valence-corrected chi connectivity index (χ4v) is 3.94. The quantitative estimate of drug-likeness (QED) is 0.911. The molecule has 1 aromatic heterocycles. The second kappa shape index (κ2) is 5.31. The highest BCUT2D eigenvalue weighted by atomic mass is 32.2. The molecule has 3 nitrogen and oxygen atoms in total. The van der Waals surface area contributed by atoms with E-state index >= 15 is 0 Å². The Balaban J connectivity index is 1.86. The zero-order valence-corrected chi connectivity index (χ0v) is 11.7. The Kier molecular flexibility index (Phi) is 3.53. The Bertz CT molecular complexity index is 558. The number of nitrogens with zero attached hydrogens (tertiary/aromatic N) is 2. The van der Waals surface area contributed by atoms with Crippen LogP contribution in [0.3, 0.4) is 0 Å². The normalized spacial score (nSPS) is 25.9. The highest BCUT2D eigenvalue weighted by Crippen LogP contribution is 2.43. The summed E-state index contributed by atoms with van der Waals surface area (Å²) in [5.74, 6) is 0.546. The predicted octanol–water partition coefficient (Wildman–Crippen LogP) is 3.14. The average Bonchev–Trinajstić information content (AvgIpc) is 2.46. The Morgan fingerprint density at radius 2 is 2.00 bits per heavy atom. The minimum absolute atomic E-state index is 0.0689. The van der Waals surface area contributed by atoms with Crippen LogP contribution in [0.5, 0.6) is 0 Å². The van der Waals surface area contributed by atoms with E-state index in [0.29, 0.717) is 11.2 Å². The molecule has 1 aliphatic carbocycles. The predicted molar refractivity (Wildman–Crippen MR) is 78.1 cm³/mol. The first kappa shape index (κ1) is 12.6. The van der Waals surface area contributed by atoms with Gasteiger partial charge in [0.05, 0.1) is 6.20 Å². The summed E-state index contributed by atoms with van der Waals surface area (Å²) in [4.78, 5) is 8.45. The molecular formula is C15H17N3S. The first-order valence-corrected chi connectivity index (χ1v) is 7.40. The molecule has 2 N–H and O–H groups in total. The molecule has 4 heteroatoms. The molecule has 0 radical (unpaired) electrons. The second-order valence-electron chi connectivity index (χ2n) is 4.99. The average molecular weight is 271 g/mol. The Labute approximate surface area is 117 Å². The van der Waals surface area contributed by atoms with Crippen molar-refractivity contribution in [1.29, 1.82) is 0 Å². The summed E-state index contributed by atoms with van der Waals surface area (Å²) in [6.07, 6.45) is 6.32. The third kappa shape index (κ3) is 2.51. The van der Waals surface area contributed by atoms with E-state index in [4.69, 9.17) is 5.73 Å². The van der Waals surface area contributed by atoms with E-state index in [2.05, 4.69) is 41.2 Å². The summed E-state index contributed by atoms with van der Waals surface area (Å²) >= 11 is 1.74. The number of benzene rings is 1. The summed E-state index contributed by atoms with van der Waals surface area (Å²) in [7, 11) is 0. The van der Waals surface area contributed by atoms with E-state index < -0.39 is 0 Å². The first-order chi connectivity index (χ1) is 9.25. The van der Waals surface area contributed by atoms with Crippen LogP contribution in [0.1, 0.15) is 36.4 Å². The van der Waals surface area contributed by atoms with Crippen molar-refractivity contribution in [2.75, 3.05) is 0 Å². The maximum Gasteiger partial charge on any atom is 0.115 e. The molecule has 0 aliphatic heterocycles. The van der Waals surface area contributed by atoms with Gasteiger partial charge in [0.15, 0.2) is 0 Å². The maximum atomic E-state index is 6.43. The fraction of sp³-hybridized carbons (Fsp3) is 0.333. The van der Waals surface area contributed by atoms with E-state index in [1.807, 2.05) is 6.20 Å². The van der Waals surface area contributed by atoms with Crippen LogP contribution >= 0.6 is 11.8 Å². The summed E-state index contributed by atoms with van der Waals surface area (Å²) in [5, 5.41) is 1.32. The van der Waals surface area contributed by atoms with Gasteiger partial charge in [-0.2, -0.15) is 0 Å². The van der Waals surface area contributed by atoms with E-state index in [0.717, 1.165) is 11.4 Å². The smallest absolute Gasteiger partial charge is 0.115 e. The molecule has 3 unspecified atom stereocenters. The van der Waals surface area contributed by atoms with Crippen LogP contribution in [0, 0.1) is 0 Å². The molecular weight excluding hydrogens is 254 g/mol. The number of thioether (sulfide) groups is 1. The van der Waals surface area contributed by atoms with Gasteiger partial charge in [-0.1, -0.05) is 43.0 Å². The molecule has 1 heterocycles. The third-order valence-electron chi connectivity index (χ3n) is 3.68. The van der Waals surface area contributed by atoms with Crippen LogP contribution in [0.2, 0.25) is 0 Å². The highest BCUT2D eigenvalue weighted by Gasteiger charge is 2.31. The Hall–Kier alpha value is -1.39.